The molecule has 1 N–H and O–H groups in total. The first kappa shape index (κ1) is 16.0. The van der Waals surface area contributed by atoms with E-state index < -0.39 is 0 Å². The van der Waals surface area contributed by atoms with E-state index in [1.807, 2.05) is 11.8 Å². The smallest absolute Gasteiger partial charge is 0.0609 e. The Balaban J connectivity index is 1.74. The second-order valence-electron chi connectivity index (χ2n) is 7.62. The maximum Gasteiger partial charge on any atom is 0.0609 e. The summed E-state index contributed by atoms with van der Waals surface area (Å²) >= 11 is 1.89. The van der Waals surface area contributed by atoms with E-state index in [1.54, 1.807) is 0 Å². The highest BCUT2D eigenvalue weighted by Crippen LogP contribution is 2.54. The highest BCUT2D eigenvalue weighted by Gasteiger charge is 2.39. The number of hydrogen-bond acceptors (Lipinski definition) is 1. The Labute approximate surface area is 168 Å². The molecule has 1 nitrogen and oxygen atoms in total. The van der Waals surface area contributed by atoms with Crippen LogP contribution in [-0.4, -0.2) is 4.98 Å². The second kappa shape index (κ2) is 5.76. The molecule has 5 aromatic rings. The highest BCUT2D eigenvalue weighted by atomic mass is 32.2. The van der Waals surface area contributed by atoms with Crippen molar-refractivity contribution in [1.29, 1.82) is 0 Å². The van der Waals surface area contributed by atoms with Crippen molar-refractivity contribution in [2.45, 2.75) is 22.1 Å². The van der Waals surface area contributed by atoms with E-state index in [0.717, 1.165) is 0 Å². The van der Waals surface area contributed by atoms with Crippen LogP contribution >= 0.6 is 11.8 Å². The van der Waals surface area contributed by atoms with Gasteiger partial charge in [0.1, 0.15) is 0 Å². The van der Waals surface area contributed by atoms with Crippen molar-refractivity contribution >= 4 is 33.6 Å². The van der Waals surface area contributed by atoms with Crippen LogP contribution in [0, 0.1) is 0 Å². The maximum absolute atomic E-state index is 3.71. The molecule has 4 aromatic carbocycles. The van der Waals surface area contributed by atoms with Gasteiger partial charge in [-0.2, -0.15) is 0 Å². The molecule has 2 heterocycles. The Morgan fingerprint density at radius 1 is 0.679 bits per heavy atom. The Morgan fingerprint density at radius 3 is 2.32 bits per heavy atom. The normalized spacial score (nSPS) is 18.2. The fourth-order valence-corrected chi connectivity index (χ4v) is 6.09. The van der Waals surface area contributed by atoms with E-state index in [4.69, 9.17) is 0 Å². The minimum absolute atomic E-state index is 0.177. The number of aromatic amines is 1. The number of hydrogen-bond donors (Lipinski definition) is 1. The van der Waals surface area contributed by atoms with Gasteiger partial charge in [-0.3, -0.25) is 0 Å². The SMILES string of the molecule is CC1(c2ccccc2)c2ccccc2Sc2c1ccc1c2[nH]c2ccccc21. The molecule has 0 radical (unpaired) electrons. The van der Waals surface area contributed by atoms with E-state index in [1.165, 1.54) is 48.3 Å². The first-order valence-corrected chi connectivity index (χ1v) is 10.5. The van der Waals surface area contributed by atoms with Crippen molar-refractivity contribution in [3.8, 4) is 0 Å². The topological polar surface area (TPSA) is 15.8 Å². The molecule has 0 spiro atoms. The van der Waals surface area contributed by atoms with Crippen molar-refractivity contribution in [2.75, 3.05) is 0 Å². The molecule has 0 saturated carbocycles. The zero-order valence-electron chi connectivity index (χ0n) is 15.6. The Hall–Kier alpha value is -2.97. The van der Waals surface area contributed by atoms with Gasteiger partial charge in [0, 0.05) is 31.5 Å². The van der Waals surface area contributed by atoms with Gasteiger partial charge in [-0.1, -0.05) is 90.6 Å². The Kier molecular flexibility index (Phi) is 3.30. The van der Waals surface area contributed by atoms with Crippen molar-refractivity contribution < 1.29 is 0 Å². The molecule has 2 heteroatoms. The van der Waals surface area contributed by atoms with E-state index in [0.29, 0.717) is 0 Å². The summed E-state index contributed by atoms with van der Waals surface area (Å²) in [6.45, 7) is 2.37. The van der Waals surface area contributed by atoms with E-state index in [-0.39, 0.29) is 5.41 Å². The van der Waals surface area contributed by atoms with Gasteiger partial charge in [0.05, 0.1) is 5.52 Å². The summed E-state index contributed by atoms with van der Waals surface area (Å²) in [5.41, 5.74) is 6.37. The van der Waals surface area contributed by atoms with E-state index in [2.05, 4.69) is 103 Å². The number of aromatic nitrogens is 1. The molecule has 0 aliphatic carbocycles. The summed E-state index contributed by atoms with van der Waals surface area (Å²) in [5.74, 6) is 0. The standard InChI is InChI=1S/C26H19NS/c1-26(17-9-3-2-4-10-17)20-12-6-8-14-23(20)28-25-21(26)16-15-19-18-11-5-7-13-22(18)27-24(19)25/h2-16,27H,1H3. The zero-order chi connectivity index (χ0) is 18.7. The lowest BCUT2D eigenvalue weighted by atomic mass is 9.70. The molecular weight excluding hydrogens is 358 g/mol. The molecule has 0 fully saturated rings. The van der Waals surface area contributed by atoms with Gasteiger partial charge in [-0.15, -0.1) is 0 Å². The van der Waals surface area contributed by atoms with Gasteiger partial charge in [0.25, 0.3) is 0 Å². The molecular formula is C26H19NS. The van der Waals surface area contributed by atoms with Crippen LogP contribution in [0.15, 0.2) is 101 Å². The van der Waals surface area contributed by atoms with Crippen molar-refractivity contribution in [3.05, 3.63) is 108 Å². The predicted molar refractivity (Wildman–Crippen MR) is 118 cm³/mol. The summed E-state index contributed by atoms with van der Waals surface area (Å²) in [7, 11) is 0. The summed E-state index contributed by atoms with van der Waals surface area (Å²) < 4.78 is 0. The monoisotopic (exact) mass is 377 g/mol. The molecule has 28 heavy (non-hydrogen) atoms. The molecule has 1 aromatic heterocycles. The van der Waals surface area contributed by atoms with Crippen molar-refractivity contribution in [2.24, 2.45) is 0 Å². The minimum Gasteiger partial charge on any atom is -0.354 e. The van der Waals surface area contributed by atoms with Crippen LogP contribution in [0.5, 0.6) is 0 Å². The van der Waals surface area contributed by atoms with Gasteiger partial charge in [0.2, 0.25) is 0 Å². The molecule has 1 atom stereocenters. The van der Waals surface area contributed by atoms with Crippen molar-refractivity contribution in [1.82, 2.24) is 4.98 Å². The third kappa shape index (κ3) is 2.04. The average molecular weight is 378 g/mol. The predicted octanol–water partition coefficient (Wildman–Crippen LogP) is 7.14. The Morgan fingerprint density at radius 2 is 1.43 bits per heavy atom. The van der Waals surface area contributed by atoms with Crippen LogP contribution in [0.2, 0.25) is 0 Å². The lowest BCUT2D eigenvalue weighted by Gasteiger charge is -2.38. The maximum atomic E-state index is 3.71. The summed E-state index contributed by atoms with van der Waals surface area (Å²) in [6, 6.07) is 33.0. The van der Waals surface area contributed by atoms with Gasteiger partial charge >= 0.3 is 0 Å². The van der Waals surface area contributed by atoms with E-state index >= 15 is 0 Å². The van der Waals surface area contributed by atoms with Crippen LogP contribution in [0.3, 0.4) is 0 Å². The number of para-hydroxylation sites is 1. The largest absolute Gasteiger partial charge is 0.354 e. The average Bonchev–Trinajstić information content (AvgIpc) is 3.14. The van der Waals surface area contributed by atoms with Gasteiger partial charge in [-0.25, -0.2) is 0 Å². The molecule has 1 unspecified atom stereocenters. The van der Waals surface area contributed by atoms with Crippen molar-refractivity contribution in [3.63, 3.8) is 0 Å². The van der Waals surface area contributed by atoms with Gasteiger partial charge in [-0.05, 0) is 35.7 Å². The fraction of sp³-hybridized carbons (Fsp3) is 0.0769. The van der Waals surface area contributed by atoms with E-state index in [9.17, 15) is 0 Å². The van der Waals surface area contributed by atoms with Crippen LogP contribution in [0.25, 0.3) is 21.8 Å². The molecule has 0 amide bonds. The third-order valence-corrected chi connectivity index (χ3v) is 7.37. The third-order valence-electron chi connectivity index (χ3n) is 6.16. The van der Waals surface area contributed by atoms with Crippen LogP contribution in [0.4, 0.5) is 0 Å². The second-order valence-corrected chi connectivity index (χ2v) is 8.68. The first-order valence-electron chi connectivity index (χ1n) is 9.63. The van der Waals surface area contributed by atoms with Gasteiger partial charge in [0.15, 0.2) is 0 Å². The van der Waals surface area contributed by atoms with Crippen LogP contribution in [-0.2, 0) is 5.41 Å². The van der Waals surface area contributed by atoms with Crippen LogP contribution < -0.4 is 0 Å². The molecule has 1 aliphatic rings. The molecule has 0 saturated heterocycles. The fourth-order valence-electron chi connectivity index (χ4n) is 4.70. The van der Waals surface area contributed by atoms with Crippen LogP contribution in [0.1, 0.15) is 23.6 Å². The molecule has 6 rings (SSSR count). The van der Waals surface area contributed by atoms with Gasteiger partial charge < -0.3 is 4.98 Å². The number of nitrogens with one attached hydrogen (secondary N) is 1. The molecule has 1 aliphatic heterocycles. The summed E-state index contributed by atoms with van der Waals surface area (Å²) in [6.07, 6.45) is 0. The summed E-state index contributed by atoms with van der Waals surface area (Å²) in [5, 5.41) is 2.60. The quantitative estimate of drug-likeness (QED) is 0.328. The number of benzene rings is 4. The minimum atomic E-state index is -0.177. The number of fused-ring (bicyclic) bond motifs is 6. The lowest BCUT2D eigenvalue weighted by Crippen LogP contribution is -2.29. The Bertz CT molecular complexity index is 1350. The highest BCUT2D eigenvalue weighted by molar-refractivity contribution is 7.99. The molecule has 134 valence electrons. The number of H-pyrrole nitrogens is 1. The number of rotatable bonds is 1. The summed E-state index contributed by atoms with van der Waals surface area (Å²) in [4.78, 5) is 6.39. The zero-order valence-corrected chi connectivity index (χ0v) is 16.4. The molecule has 0 bridgehead atoms. The lowest BCUT2D eigenvalue weighted by molar-refractivity contribution is 0.657. The first-order chi connectivity index (χ1) is 13.8.